The van der Waals surface area contributed by atoms with Gasteiger partial charge in [0.2, 0.25) is 0 Å². The van der Waals surface area contributed by atoms with E-state index in [0.29, 0.717) is 24.4 Å². The SMILES string of the molecule is CCOc1ccc(/C=C/C(=O)OCCCNC(=O)c2cccs2)cc1. The van der Waals surface area contributed by atoms with Crippen LogP contribution in [0.2, 0.25) is 0 Å². The second-order valence-electron chi connectivity index (χ2n) is 5.09. The van der Waals surface area contributed by atoms with Crippen molar-refractivity contribution in [2.75, 3.05) is 19.8 Å². The maximum Gasteiger partial charge on any atom is 0.330 e. The van der Waals surface area contributed by atoms with Gasteiger partial charge in [-0.05, 0) is 48.6 Å². The second-order valence-corrected chi connectivity index (χ2v) is 6.04. The van der Waals surface area contributed by atoms with Gasteiger partial charge in [-0.3, -0.25) is 4.79 Å². The molecule has 0 bridgehead atoms. The number of ether oxygens (including phenoxy) is 2. The van der Waals surface area contributed by atoms with Gasteiger partial charge in [-0.15, -0.1) is 11.3 Å². The van der Waals surface area contributed by atoms with E-state index >= 15 is 0 Å². The van der Waals surface area contributed by atoms with Crippen molar-refractivity contribution in [1.82, 2.24) is 5.32 Å². The lowest BCUT2D eigenvalue weighted by atomic mass is 10.2. The van der Waals surface area contributed by atoms with Crippen LogP contribution in [0.4, 0.5) is 0 Å². The van der Waals surface area contributed by atoms with Crippen molar-refractivity contribution in [3.63, 3.8) is 0 Å². The van der Waals surface area contributed by atoms with E-state index in [0.717, 1.165) is 11.3 Å². The lowest BCUT2D eigenvalue weighted by Gasteiger charge is -2.04. The number of hydrogen-bond donors (Lipinski definition) is 1. The number of benzene rings is 1. The van der Waals surface area contributed by atoms with Crippen LogP contribution in [0.1, 0.15) is 28.6 Å². The predicted molar refractivity (Wildman–Crippen MR) is 98.9 cm³/mol. The molecule has 2 aromatic rings. The quantitative estimate of drug-likeness (QED) is 0.423. The number of amides is 1. The standard InChI is InChI=1S/C19H21NO4S/c1-2-23-16-9-6-15(7-10-16)8-11-18(21)24-13-4-12-20-19(22)17-5-3-14-25-17/h3,5-11,14H,2,4,12-13H2,1H3,(H,20,22)/b11-8+. The summed E-state index contributed by atoms with van der Waals surface area (Å²) in [5.74, 6) is 0.294. The maximum absolute atomic E-state index is 11.7. The predicted octanol–water partition coefficient (Wildman–Crippen LogP) is 3.52. The van der Waals surface area contributed by atoms with E-state index in [9.17, 15) is 9.59 Å². The molecule has 5 nitrogen and oxygen atoms in total. The fourth-order valence-electron chi connectivity index (χ4n) is 2.00. The lowest BCUT2D eigenvalue weighted by molar-refractivity contribution is -0.137. The molecule has 0 fully saturated rings. The summed E-state index contributed by atoms with van der Waals surface area (Å²) in [7, 11) is 0. The zero-order valence-electron chi connectivity index (χ0n) is 14.1. The van der Waals surface area contributed by atoms with E-state index in [1.807, 2.05) is 42.6 Å². The summed E-state index contributed by atoms with van der Waals surface area (Å²) in [5, 5.41) is 4.64. The van der Waals surface area contributed by atoms with E-state index in [-0.39, 0.29) is 12.5 Å². The molecule has 0 spiro atoms. The van der Waals surface area contributed by atoms with Gasteiger partial charge in [0.15, 0.2) is 0 Å². The minimum Gasteiger partial charge on any atom is -0.494 e. The number of esters is 1. The summed E-state index contributed by atoms with van der Waals surface area (Å²) in [5.41, 5.74) is 0.892. The van der Waals surface area contributed by atoms with Gasteiger partial charge in [-0.2, -0.15) is 0 Å². The molecule has 0 aliphatic rings. The first-order chi connectivity index (χ1) is 12.2. The van der Waals surface area contributed by atoms with E-state index in [1.165, 1.54) is 17.4 Å². The van der Waals surface area contributed by atoms with Gasteiger partial charge in [0.1, 0.15) is 5.75 Å². The highest BCUT2D eigenvalue weighted by molar-refractivity contribution is 7.12. The van der Waals surface area contributed by atoms with Crippen LogP contribution in [0, 0.1) is 0 Å². The first-order valence-corrected chi connectivity index (χ1v) is 8.96. The normalized spacial score (nSPS) is 10.6. The average Bonchev–Trinajstić information content (AvgIpc) is 3.16. The zero-order chi connectivity index (χ0) is 17.9. The minimum absolute atomic E-state index is 0.100. The molecule has 6 heteroatoms. The highest BCUT2D eigenvalue weighted by Gasteiger charge is 2.05. The summed E-state index contributed by atoms with van der Waals surface area (Å²) < 4.78 is 10.5. The van der Waals surface area contributed by atoms with Crippen molar-refractivity contribution in [3.05, 3.63) is 58.3 Å². The van der Waals surface area contributed by atoms with Gasteiger partial charge in [0.05, 0.1) is 18.1 Å². The average molecular weight is 359 g/mol. The summed E-state index contributed by atoms with van der Waals surface area (Å²) in [6.07, 6.45) is 3.65. The molecule has 1 N–H and O–H groups in total. The Labute approximate surface area is 151 Å². The molecule has 1 heterocycles. The van der Waals surface area contributed by atoms with Crippen molar-refractivity contribution >= 4 is 29.3 Å². The lowest BCUT2D eigenvalue weighted by Crippen LogP contribution is -2.24. The molecule has 132 valence electrons. The molecule has 1 aromatic heterocycles. The monoisotopic (exact) mass is 359 g/mol. The fraction of sp³-hybridized carbons (Fsp3) is 0.263. The van der Waals surface area contributed by atoms with Crippen LogP contribution in [0.5, 0.6) is 5.75 Å². The van der Waals surface area contributed by atoms with Gasteiger partial charge in [0.25, 0.3) is 5.91 Å². The van der Waals surface area contributed by atoms with Crippen molar-refractivity contribution < 1.29 is 19.1 Å². The van der Waals surface area contributed by atoms with Gasteiger partial charge < -0.3 is 14.8 Å². The van der Waals surface area contributed by atoms with Crippen molar-refractivity contribution in [2.45, 2.75) is 13.3 Å². The third-order valence-corrected chi connectivity index (χ3v) is 4.07. The summed E-state index contributed by atoms with van der Waals surface area (Å²) in [6.45, 7) is 3.27. The van der Waals surface area contributed by atoms with Gasteiger partial charge in [0, 0.05) is 12.6 Å². The Balaban J connectivity index is 1.62. The molecule has 0 aliphatic heterocycles. The van der Waals surface area contributed by atoms with Gasteiger partial charge >= 0.3 is 5.97 Å². The van der Waals surface area contributed by atoms with Crippen molar-refractivity contribution in [3.8, 4) is 5.75 Å². The highest BCUT2D eigenvalue weighted by atomic mass is 32.1. The Kier molecular flexibility index (Phi) is 7.72. The number of carbonyl (C=O) groups excluding carboxylic acids is 2. The Morgan fingerprint density at radius 2 is 2.00 bits per heavy atom. The van der Waals surface area contributed by atoms with Crippen LogP contribution in [0.25, 0.3) is 6.08 Å². The van der Waals surface area contributed by atoms with E-state index in [2.05, 4.69) is 5.32 Å². The van der Waals surface area contributed by atoms with Crippen LogP contribution in [0.3, 0.4) is 0 Å². The molecule has 0 unspecified atom stereocenters. The van der Waals surface area contributed by atoms with Crippen LogP contribution < -0.4 is 10.1 Å². The number of rotatable bonds is 9. The van der Waals surface area contributed by atoms with Crippen molar-refractivity contribution in [2.24, 2.45) is 0 Å². The second kappa shape index (κ2) is 10.3. The molecule has 0 saturated heterocycles. The number of carbonyl (C=O) groups is 2. The largest absolute Gasteiger partial charge is 0.494 e. The fourth-order valence-corrected chi connectivity index (χ4v) is 2.64. The molecule has 0 aliphatic carbocycles. The zero-order valence-corrected chi connectivity index (χ0v) is 14.9. The van der Waals surface area contributed by atoms with E-state index < -0.39 is 5.97 Å². The topological polar surface area (TPSA) is 64.6 Å². The molecule has 0 atom stereocenters. The first kappa shape index (κ1) is 18.7. The summed E-state index contributed by atoms with van der Waals surface area (Å²) >= 11 is 1.39. The molecule has 2 rings (SSSR count). The van der Waals surface area contributed by atoms with E-state index in [1.54, 1.807) is 12.1 Å². The Hall–Kier alpha value is -2.60. The molecule has 1 amide bonds. The maximum atomic E-state index is 11.7. The van der Waals surface area contributed by atoms with Crippen LogP contribution in [-0.2, 0) is 9.53 Å². The molecule has 1 aromatic carbocycles. The number of thiophene rings is 1. The van der Waals surface area contributed by atoms with E-state index in [4.69, 9.17) is 9.47 Å². The molecule has 0 saturated carbocycles. The van der Waals surface area contributed by atoms with Crippen LogP contribution in [0.15, 0.2) is 47.9 Å². The first-order valence-electron chi connectivity index (χ1n) is 8.08. The molecular weight excluding hydrogens is 338 g/mol. The highest BCUT2D eigenvalue weighted by Crippen LogP contribution is 2.13. The Morgan fingerprint density at radius 3 is 2.68 bits per heavy atom. The molecule has 25 heavy (non-hydrogen) atoms. The molecular formula is C19H21NO4S. The van der Waals surface area contributed by atoms with Crippen molar-refractivity contribution in [1.29, 1.82) is 0 Å². The minimum atomic E-state index is -0.404. The molecule has 0 radical (unpaired) electrons. The number of hydrogen-bond acceptors (Lipinski definition) is 5. The smallest absolute Gasteiger partial charge is 0.330 e. The summed E-state index contributed by atoms with van der Waals surface area (Å²) in [4.78, 5) is 24.0. The summed E-state index contributed by atoms with van der Waals surface area (Å²) in [6, 6.07) is 11.0. The number of nitrogens with one attached hydrogen (secondary N) is 1. The third-order valence-electron chi connectivity index (χ3n) is 3.20. The van der Waals surface area contributed by atoms with Crippen LogP contribution in [-0.4, -0.2) is 31.6 Å². The third kappa shape index (κ3) is 6.81. The Bertz CT molecular complexity index is 693. The Morgan fingerprint density at radius 1 is 1.20 bits per heavy atom. The van der Waals surface area contributed by atoms with Crippen LogP contribution >= 0.6 is 11.3 Å². The van der Waals surface area contributed by atoms with Gasteiger partial charge in [-0.1, -0.05) is 18.2 Å². The van der Waals surface area contributed by atoms with Gasteiger partial charge in [-0.25, -0.2) is 4.79 Å².